The first-order valence-electron chi connectivity index (χ1n) is 6.12. The summed E-state index contributed by atoms with van der Waals surface area (Å²) in [4.78, 5) is 9.09. The molecule has 1 atom stereocenters. The number of methoxy groups -OCH3 is 1. The molecule has 94 valence electrons. The minimum Gasteiger partial charge on any atom is -0.381 e. The molecule has 2 rings (SSSR count). The average molecular weight is 236 g/mol. The highest BCUT2D eigenvalue weighted by Gasteiger charge is 2.18. The van der Waals surface area contributed by atoms with Gasteiger partial charge in [-0.1, -0.05) is 0 Å². The van der Waals surface area contributed by atoms with E-state index in [-0.39, 0.29) is 6.10 Å². The standard InChI is InChI=1S/C12H20N4O/c1-8(17-2)7-11-14-10-6-4-3-5-9(10)12(15-11)16-13/h8H,3-7,13H2,1-2H3,(H,14,15,16). The van der Waals surface area contributed by atoms with Crippen molar-refractivity contribution in [3.63, 3.8) is 0 Å². The summed E-state index contributed by atoms with van der Waals surface area (Å²) in [5.74, 6) is 7.13. The van der Waals surface area contributed by atoms with Crippen molar-refractivity contribution < 1.29 is 4.74 Å². The number of hydrogen-bond acceptors (Lipinski definition) is 5. The zero-order valence-corrected chi connectivity index (χ0v) is 10.5. The van der Waals surface area contributed by atoms with Gasteiger partial charge in [0.1, 0.15) is 11.6 Å². The molecule has 3 N–H and O–H groups in total. The number of rotatable bonds is 4. The van der Waals surface area contributed by atoms with Crippen LogP contribution in [0, 0.1) is 0 Å². The number of nitrogens with two attached hydrogens (primary N) is 1. The van der Waals surface area contributed by atoms with E-state index in [1.807, 2.05) is 6.92 Å². The van der Waals surface area contributed by atoms with Gasteiger partial charge in [-0.2, -0.15) is 0 Å². The number of nitrogens with zero attached hydrogens (tertiary/aromatic N) is 2. The molecule has 0 saturated heterocycles. The summed E-state index contributed by atoms with van der Waals surface area (Å²) in [6.07, 6.45) is 5.29. The van der Waals surface area contributed by atoms with E-state index in [4.69, 9.17) is 10.6 Å². The van der Waals surface area contributed by atoms with Crippen molar-refractivity contribution in [3.8, 4) is 0 Å². The normalized spacial score (nSPS) is 16.4. The zero-order chi connectivity index (χ0) is 12.3. The van der Waals surface area contributed by atoms with Gasteiger partial charge in [0.25, 0.3) is 0 Å². The lowest BCUT2D eigenvalue weighted by atomic mass is 9.96. The third-order valence-corrected chi connectivity index (χ3v) is 3.24. The quantitative estimate of drug-likeness (QED) is 0.607. The molecule has 0 spiro atoms. The maximum Gasteiger partial charge on any atom is 0.147 e. The molecule has 0 amide bonds. The minimum absolute atomic E-state index is 0.127. The van der Waals surface area contributed by atoms with Gasteiger partial charge in [0, 0.05) is 24.8 Å². The lowest BCUT2D eigenvalue weighted by Crippen LogP contribution is -2.20. The van der Waals surface area contributed by atoms with Crippen LogP contribution >= 0.6 is 0 Å². The molecule has 5 heteroatoms. The maximum atomic E-state index is 5.53. The number of fused-ring (bicyclic) bond motifs is 1. The molecule has 0 aromatic carbocycles. The molecule has 0 saturated carbocycles. The van der Waals surface area contributed by atoms with Crippen molar-refractivity contribution in [2.45, 2.75) is 45.1 Å². The Labute approximate surface area is 102 Å². The van der Waals surface area contributed by atoms with Crippen molar-refractivity contribution in [1.29, 1.82) is 0 Å². The summed E-state index contributed by atoms with van der Waals surface area (Å²) in [6, 6.07) is 0. The second kappa shape index (κ2) is 5.42. The zero-order valence-electron chi connectivity index (χ0n) is 10.5. The van der Waals surface area contributed by atoms with Crippen LogP contribution in [0.5, 0.6) is 0 Å². The highest BCUT2D eigenvalue weighted by atomic mass is 16.5. The predicted octanol–water partition coefficient (Wildman–Crippen LogP) is 1.22. The number of ether oxygens (including phenoxy) is 1. The first kappa shape index (κ1) is 12.3. The highest BCUT2D eigenvalue weighted by Crippen LogP contribution is 2.25. The molecule has 5 nitrogen and oxygen atoms in total. The molecule has 0 radical (unpaired) electrons. The Morgan fingerprint density at radius 1 is 1.35 bits per heavy atom. The van der Waals surface area contributed by atoms with Crippen molar-refractivity contribution in [1.82, 2.24) is 9.97 Å². The molecule has 17 heavy (non-hydrogen) atoms. The Balaban J connectivity index is 2.29. The van der Waals surface area contributed by atoms with Gasteiger partial charge >= 0.3 is 0 Å². The Hall–Kier alpha value is -1.20. The Bertz CT molecular complexity index is 377. The van der Waals surface area contributed by atoms with E-state index in [9.17, 15) is 0 Å². The predicted molar refractivity (Wildman–Crippen MR) is 66.7 cm³/mol. The molecule has 1 heterocycles. The van der Waals surface area contributed by atoms with E-state index in [0.29, 0.717) is 0 Å². The Morgan fingerprint density at radius 3 is 2.82 bits per heavy atom. The van der Waals surface area contributed by atoms with Crippen LogP contribution in [0.25, 0.3) is 0 Å². The average Bonchev–Trinajstić information content (AvgIpc) is 2.37. The number of hydrogen-bond donors (Lipinski definition) is 2. The first-order valence-corrected chi connectivity index (χ1v) is 6.12. The van der Waals surface area contributed by atoms with Gasteiger partial charge in [-0.15, -0.1) is 0 Å². The summed E-state index contributed by atoms with van der Waals surface area (Å²) in [5, 5.41) is 0. The van der Waals surface area contributed by atoms with Gasteiger partial charge in [-0.3, -0.25) is 0 Å². The molecule has 1 aromatic heterocycles. The van der Waals surface area contributed by atoms with Crippen molar-refractivity contribution in [2.24, 2.45) is 5.84 Å². The molecule has 1 unspecified atom stereocenters. The van der Waals surface area contributed by atoms with E-state index in [1.54, 1.807) is 7.11 Å². The number of nitrogen functional groups attached to an aromatic ring is 1. The van der Waals surface area contributed by atoms with Crippen LogP contribution < -0.4 is 11.3 Å². The van der Waals surface area contributed by atoms with E-state index in [2.05, 4.69) is 15.4 Å². The number of anilines is 1. The number of aromatic nitrogens is 2. The summed E-state index contributed by atoms with van der Waals surface area (Å²) in [7, 11) is 1.70. The van der Waals surface area contributed by atoms with Gasteiger partial charge in [0.15, 0.2) is 0 Å². The number of aryl methyl sites for hydroxylation is 1. The lowest BCUT2D eigenvalue weighted by molar-refractivity contribution is 0.117. The summed E-state index contributed by atoms with van der Waals surface area (Å²) >= 11 is 0. The van der Waals surface area contributed by atoms with Crippen LogP contribution in [0.2, 0.25) is 0 Å². The fraction of sp³-hybridized carbons (Fsp3) is 0.667. The van der Waals surface area contributed by atoms with Crippen molar-refractivity contribution in [2.75, 3.05) is 12.5 Å². The van der Waals surface area contributed by atoms with Gasteiger partial charge in [0.05, 0.1) is 6.10 Å². The van der Waals surface area contributed by atoms with Gasteiger partial charge < -0.3 is 10.2 Å². The monoisotopic (exact) mass is 236 g/mol. The topological polar surface area (TPSA) is 73.1 Å². The van der Waals surface area contributed by atoms with Gasteiger partial charge in [-0.25, -0.2) is 15.8 Å². The second-order valence-electron chi connectivity index (χ2n) is 4.52. The summed E-state index contributed by atoms with van der Waals surface area (Å²) in [5.41, 5.74) is 5.03. The summed E-state index contributed by atoms with van der Waals surface area (Å²) in [6.45, 7) is 2.01. The number of nitrogens with one attached hydrogen (secondary N) is 1. The maximum absolute atomic E-state index is 5.53. The molecular formula is C12H20N4O. The molecule has 1 aliphatic rings. The third-order valence-electron chi connectivity index (χ3n) is 3.24. The molecule has 0 bridgehead atoms. The fourth-order valence-electron chi connectivity index (χ4n) is 2.20. The van der Waals surface area contributed by atoms with E-state index < -0.39 is 0 Å². The molecule has 0 aliphatic heterocycles. The lowest BCUT2D eigenvalue weighted by Gasteiger charge is -2.19. The SMILES string of the molecule is COC(C)Cc1nc2c(c(NN)n1)CCCC2. The first-order chi connectivity index (χ1) is 8.24. The van der Waals surface area contributed by atoms with Crippen molar-refractivity contribution >= 4 is 5.82 Å². The molecule has 1 aliphatic carbocycles. The molecule has 1 aromatic rings. The van der Waals surface area contributed by atoms with Crippen LogP contribution in [0.3, 0.4) is 0 Å². The fourth-order valence-corrected chi connectivity index (χ4v) is 2.20. The van der Waals surface area contributed by atoms with E-state index >= 15 is 0 Å². The third kappa shape index (κ3) is 2.73. The molecule has 0 fully saturated rings. The smallest absolute Gasteiger partial charge is 0.147 e. The van der Waals surface area contributed by atoms with Crippen LogP contribution in [-0.4, -0.2) is 23.2 Å². The largest absolute Gasteiger partial charge is 0.381 e. The van der Waals surface area contributed by atoms with Crippen LogP contribution in [0.15, 0.2) is 0 Å². The van der Waals surface area contributed by atoms with Crippen molar-refractivity contribution in [3.05, 3.63) is 17.1 Å². The number of hydrazine groups is 1. The highest BCUT2D eigenvalue weighted by molar-refractivity contribution is 5.46. The Kier molecular flexibility index (Phi) is 3.91. The Morgan fingerprint density at radius 2 is 2.12 bits per heavy atom. The minimum atomic E-state index is 0.127. The van der Waals surface area contributed by atoms with Gasteiger partial charge in [-0.05, 0) is 32.6 Å². The van der Waals surface area contributed by atoms with Crippen LogP contribution in [0.1, 0.15) is 36.8 Å². The van der Waals surface area contributed by atoms with E-state index in [1.165, 1.54) is 18.4 Å². The molecular weight excluding hydrogens is 216 g/mol. The summed E-state index contributed by atoms with van der Waals surface area (Å²) < 4.78 is 5.24. The van der Waals surface area contributed by atoms with Crippen LogP contribution in [0.4, 0.5) is 5.82 Å². The van der Waals surface area contributed by atoms with Crippen LogP contribution in [-0.2, 0) is 24.0 Å². The second-order valence-corrected chi connectivity index (χ2v) is 4.52. The van der Waals surface area contributed by atoms with Gasteiger partial charge in [0.2, 0.25) is 0 Å². The van der Waals surface area contributed by atoms with E-state index in [0.717, 1.165) is 36.6 Å².